The van der Waals surface area contributed by atoms with Gasteiger partial charge >= 0.3 is 0 Å². The first-order chi connectivity index (χ1) is 44.5. The van der Waals surface area contributed by atoms with Crippen LogP contribution in [0.4, 0.5) is 0 Å². The zero-order valence-electron chi connectivity index (χ0n) is 47.8. The number of oxazole rings is 2. The fourth-order valence-electron chi connectivity index (χ4n) is 3.90. The number of aliphatic imine (C=N–C) groups is 3. The Bertz CT molecular complexity index is 2380. The Morgan fingerprint density at radius 1 is 0.370 bits per heavy atom. The van der Waals surface area contributed by atoms with E-state index in [9.17, 15) is 0 Å². The summed E-state index contributed by atoms with van der Waals surface area (Å²) in [5.41, 5.74) is 3.36. The third-order valence-corrected chi connectivity index (χ3v) is 8.39. The number of hydrogen-bond donors (Lipinski definition) is 4. The second kappa shape index (κ2) is 80.6. The van der Waals surface area contributed by atoms with E-state index < -0.39 is 0 Å². The molecular weight excluding hydrogens is 1210 g/mol. The van der Waals surface area contributed by atoms with E-state index in [1.54, 1.807) is 190 Å². The van der Waals surface area contributed by atoms with E-state index >= 15 is 0 Å². The molecule has 3 aliphatic heterocycles. The lowest BCUT2D eigenvalue weighted by molar-refractivity contribution is 0.557. The summed E-state index contributed by atoms with van der Waals surface area (Å²) in [4.78, 5) is 42.6. The number of hydrogen-bond acceptors (Lipinski definition) is 26. The maximum Gasteiger partial charge on any atom is 0.180 e. The summed E-state index contributed by atoms with van der Waals surface area (Å²) in [6.45, 7) is 1.44. The molecule has 3 aliphatic rings. The number of aromatic nitrogens is 18. The van der Waals surface area contributed by atoms with Crippen molar-refractivity contribution < 1.29 is 17.7 Å². The van der Waals surface area contributed by atoms with Gasteiger partial charge in [0, 0.05) is 124 Å². The standard InChI is InChI=1S/2C5H5N.2C4H4N2.2C4H5N.2C4H4O.C4H4S.3C3H4N2.2C3H3NO.2C2H3N3.C2H2N2S.3CH4/c2*1-2-4-6-5-3-1;1-2-6-4-3-5-1;1-2-4-6-5-3-1;5*1-2-4-5-3-1;2*1-2-5-3-4-1;1-2-4-5-3-1;2*1-2-5-3-4-1;2*1-2-4-5-3-1;1-3-4-2-5-1;;;/h2*1-5H;2*1-4H;1,3-4H,2H2;1-5H;3*1-4H;1,3H,2H2;2*1-3H,(H,4,5);2*1-3H;1H,2H2;1-2H,(H,3,4,5);1-2H;3*1H4. The number of nitrogens with one attached hydrogen (secondary N) is 4. The molecule has 30 heteroatoms. The summed E-state index contributed by atoms with van der Waals surface area (Å²) in [6, 6.07) is 32.2. The summed E-state index contributed by atoms with van der Waals surface area (Å²) in [5, 5.41) is 43.9. The van der Waals surface area contributed by atoms with Crippen molar-refractivity contribution in [3.05, 3.63) is 318 Å². The molecule has 92 heavy (non-hydrogen) atoms. The van der Waals surface area contributed by atoms with E-state index in [2.05, 4.69) is 139 Å². The highest BCUT2D eigenvalue weighted by Gasteiger charge is 1.76. The van der Waals surface area contributed by atoms with Crippen LogP contribution in [0.25, 0.3) is 0 Å². The summed E-state index contributed by atoms with van der Waals surface area (Å²) < 4.78 is 18.1. The molecule has 17 rings (SSSR count). The van der Waals surface area contributed by atoms with Gasteiger partial charge in [-0.2, -0.15) is 47.2 Å². The molecule has 14 aromatic rings. The Labute approximate surface area is 543 Å². The van der Waals surface area contributed by atoms with Crippen LogP contribution >= 0.6 is 22.7 Å². The van der Waals surface area contributed by atoms with Gasteiger partial charge in [-0.05, 0) is 94.8 Å². The van der Waals surface area contributed by atoms with Crippen molar-refractivity contribution in [3.8, 4) is 0 Å². The molecule has 0 amide bonds. The van der Waals surface area contributed by atoms with Gasteiger partial charge in [0.1, 0.15) is 29.9 Å². The van der Waals surface area contributed by atoms with Crippen molar-refractivity contribution in [3.63, 3.8) is 0 Å². The van der Waals surface area contributed by atoms with Gasteiger partial charge in [0.05, 0.1) is 75.5 Å². The van der Waals surface area contributed by atoms with Crippen LogP contribution in [-0.2, 0) is 0 Å². The second-order valence-electron chi connectivity index (χ2n) is 13.7. The Balaban J connectivity index is -0.000000913. The minimum Gasteiger partial charge on any atom is -0.473 e. The van der Waals surface area contributed by atoms with E-state index in [4.69, 9.17) is 0 Å². The highest BCUT2D eigenvalue weighted by molar-refractivity contribution is 7.07. The van der Waals surface area contributed by atoms with Gasteiger partial charge in [0.2, 0.25) is 0 Å². The van der Waals surface area contributed by atoms with Gasteiger partial charge in [-0.25, -0.2) is 19.9 Å². The van der Waals surface area contributed by atoms with Crippen molar-refractivity contribution in [2.24, 2.45) is 30.4 Å². The number of pyridine rings is 2. The van der Waals surface area contributed by atoms with Crippen LogP contribution in [-0.4, -0.2) is 129 Å². The SMILES string of the molecule is C.C.C.C1=CN=CC1.C1=NC=NC1.C1=NN=NC1.c1c[nH]cn1.c1cc[nH]c1.c1ccncc1.c1ccncc1.c1ccnnc1.c1ccoc1.c1ccoc1.c1ccsc1.c1cn[nH]c1.c1cn[nH]n1.c1cnccn1.c1cocn1.c1cocn1.c1nncs1. The van der Waals surface area contributed by atoms with E-state index in [-0.39, 0.29) is 22.3 Å². The fourth-order valence-corrected chi connectivity index (χ4v) is 4.62. The van der Waals surface area contributed by atoms with Crippen LogP contribution in [0.5, 0.6) is 0 Å². The molecule has 4 N–H and O–H groups in total. The molecule has 0 saturated carbocycles. The first-order valence-electron chi connectivity index (χ1n) is 25.6. The summed E-state index contributed by atoms with van der Waals surface area (Å²) >= 11 is 3.20. The molecule has 0 spiro atoms. The Hall–Kier alpha value is -12.4. The van der Waals surface area contributed by atoms with Crippen LogP contribution in [0, 0.1) is 0 Å². The Kier molecular flexibility index (Phi) is 73.4. The van der Waals surface area contributed by atoms with Crippen LogP contribution in [0.15, 0.2) is 366 Å². The lowest BCUT2D eigenvalue weighted by atomic mass is 10.5. The molecule has 0 aliphatic carbocycles. The molecule has 0 aromatic carbocycles. The topological polar surface area (TPSA) is 370 Å². The van der Waals surface area contributed by atoms with Crippen LogP contribution in [0.1, 0.15) is 28.7 Å². The minimum absolute atomic E-state index is 0. The zero-order valence-corrected chi connectivity index (χ0v) is 49.5. The van der Waals surface area contributed by atoms with E-state index in [0.717, 1.165) is 13.0 Å². The maximum atomic E-state index is 4.58. The smallest absolute Gasteiger partial charge is 0.180 e. The molecule has 0 atom stereocenters. The van der Waals surface area contributed by atoms with Gasteiger partial charge in [-0.1, -0.05) is 52.6 Å². The number of H-pyrrole nitrogens is 4. The van der Waals surface area contributed by atoms with Gasteiger partial charge in [-0.15, -0.1) is 26.6 Å². The van der Waals surface area contributed by atoms with Crippen molar-refractivity contribution in [1.29, 1.82) is 0 Å². The first kappa shape index (κ1) is 83.8. The van der Waals surface area contributed by atoms with Crippen LogP contribution in [0.2, 0.25) is 0 Å². The average Bonchev–Trinajstić information content (AvgIpc) is 4.44. The van der Waals surface area contributed by atoms with Gasteiger partial charge in [0.15, 0.2) is 12.8 Å². The average molecular weight is 1290 g/mol. The third-order valence-electron chi connectivity index (χ3n) is 7.33. The van der Waals surface area contributed by atoms with Crippen molar-refractivity contribution in [1.82, 2.24) is 90.9 Å². The predicted molar refractivity (Wildman–Crippen MR) is 364 cm³/mol. The molecule has 14 aromatic heterocycles. The molecule has 0 saturated heterocycles. The van der Waals surface area contributed by atoms with E-state index in [1.807, 2.05) is 139 Å². The molecule has 17 heterocycles. The lowest BCUT2D eigenvalue weighted by Gasteiger charge is -1.70. The van der Waals surface area contributed by atoms with Gasteiger partial charge < -0.3 is 27.6 Å². The Morgan fingerprint density at radius 2 is 0.935 bits per heavy atom. The number of thiophene rings is 1. The first-order valence-corrected chi connectivity index (χ1v) is 27.5. The molecule has 0 radical (unpaired) electrons. The minimum atomic E-state index is 0. The molecule has 482 valence electrons. The summed E-state index contributed by atoms with van der Waals surface area (Å²) in [6.07, 6.45) is 59.4. The normalized spacial score (nSPS) is 9.30. The molecule has 0 fully saturated rings. The number of imidazole rings is 1. The summed E-state index contributed by atoms with van der Waals surface area (Å²) in [5.74, 6) is 0. The number of rotatable bonds is 0. The third kappa shape index (κ3) is 77.6. The number of allylic oxidation sites excluding steroid dienone is 1. The van der Waals surface area contributed by atoms with Crippen molar-refractivity contribution in [2.45, 2.75) is 28.7 Å². The quantitative estimate of drug-likeness (QED) is 0.110. The summed E-state index contributed by atoms with van der Waals surface area (Å²) in [7, 11) is 0. The number of aromatic amines is 4. The van der Waals surface area contributed by atoms with E-state index in [1.165, 1.54) is 36.7 Å². The predicted octanol–water partition coefficient (Wildman–Crippen LogP) is 14.4. The van der Waals surface area contributed by atoms with Crippen LogP contribution < -0.4 is 0 Å². The van der Waals surface area contributed by atoms with Crippen molar-refractivity contribution in [2.75, 3.05) is 13.1 Å². The number of nitrogens with zero attached hydrogens (tertiary/aromatic N) is 20. The second-order valence-corrected chi connectivity index (χ2v) is 15.2. The largest absolute Gasteiger partial charge is 0.473 e. The monoisotopic (exact) mass is 1290 g/mol. The molecule has 28 nitrogen and oxygen atoms in total. The molecule has 0 bridgehead atoms. The van der Waals surface area contributed by atoms with Gasteiger partial charge in [-0.3, -0.25) is 35.0 Å². The van der Waals surface area contributed by atoms with E-state index in [0.29, 0.717) is 6.54 Å². The molecular formula is C62H78N24O4S2. The zero-order chi connectivity index (χ0) is 62.9. The lowest BCUT2D eigenvalue weighted by Crippen LogP contribution is -1.69. The van der Waals surface area contributed by atoms with Crippen LogP contribution in [0.3, 0.4) is 0 Å². The van der Waals surface area contributed by atoms with Gasteiger partial charge in [0.25, 0.3) is 0 Å². The highest BCUT2D eigenvalue weighted by Crippen LogP contribution is 1.92. The fraction of sp³-hybridized carbons (Fsp3) is 0.0968. The maximum absolute atomic E-state index is 4.58. The highest BCUT2D eigenvalue weighted by atomic mass is 32.1. The van der Waals surface area contributed by atoms with Crippen molar-refractivity contribution >= 4 is 47.7 Å². The number of furan rings is 2. The Morgan fingerprint density at radius 3 is 1.09 bits per heavy atom. The molecule has 0 unspecified atom stereocenters.